The Labute approximate surface area is 164 Å². The highest BCUT2D eigenvalue weighted by molar-refractivity contribution is 6.42. The molecule has 2 aromatic carbocycles. The van der Waals surface area contributed by atoms with E-state index in [0.717, 1.165) is 0 Å². The largest absolute Gasteiger partial charge is 0.457 e. The maximum Gasteiger partial charge on any atom is 0.266 e. The molecule has 0 fully saturated rings. The molecule has 0 aliphatic carbocycles. The van der Waals surface area contributed by atoms with Crippen LogP contribution in [0.15, 0.2) is 64.6 Å². The van der Waals surface area contributed by atoms with Gasteiger partial charge in [0.05, 0.1) is 15.6 Å². The minimum atomic E-state index is -0.639. The molecule has 0 saturated carbocycles. The maximum atomic E-state index is 13.8. The van der Waals surface area contributed by atoms with Gasteiger partial charge in [0.2, 0.25) is 0 Å². The van der Waals surface area contributed by atoms with Crippen LogP contribution in [0, 0.1) is 17.1 Å². The van der Waals surface area contributed by atoms with Crippen molar-refractivity contribution in [2.75, 3.05) is 5.32 Å². The summed E-state index contributed by atoms with van der Waals surface area (Å²) >= 11 is 11.7. The number of furan rings is 1. The van der Waals surface area contributed by atoms with Crippen LogP contribution in [0.25, 0.3) is 17.4 Å². The molecule has 1 aromatic heterocycles. The van der Waals surface area contributed by atoms with Crippen molar-refractivity contribution in [3.05, 3.63) is 81.8 Å². The number of halogens is 3. The van der Waals surface area contributed by atoms with Gasteiger partial charge in [-0.15, -0.1) is 0 Å². The van der Waals surface area contributed by atoms with Gasteiger partial charge in [-0.3, -0.25) is 4.79 Å². The summed E-state index contributed by atoms with van der Waals surface area (Å²) in [6.07, 6.45) is 1.28. The zero-order chi connectivity index (χ0) is 19.4. The standard InChI is InChI=1S/C20H11Cl2FN2O2/c21-16-7-5-13(10-17(16)22)25-20(26)12(11-24)9-14-6-8-19(27-14)15-3-1-2-4-18(15)23/h1-10H,(H,25,26)/b12-9+. The molecule has 7 heteroatoms. The number of hydrogen-bond donors (Lipinski definition) is 1. The average molecular weight is 401 g/mol. The molecule has 134 valence electrons. The summed E-state index contributed by atoms with van der Waals surface area (Å²) < 4.78 is 19.4. The number of hydrogen-bond acceptors (Lipinski definition) is 3. The van der Waals surface area contributed by atoms with Crippen LogP contribution in [0.1, 0.15) is 5.76 Å². The quantitative estimate of drug-likeness (QED) is 0.435. The van der Waals surface area contributed by atoms with Gasteiger partial charge in [0.25, 0.3) is 5.91 Å². The van der Waals surface area contributed by atoms with E-state index in [1.165, 1.54) is 24.3 Å². The fourth-order valence-corrected chi connectivity index (χ4v) is 2.60. The van der Waals surface area contributed by atoms with E-state index in [2.05, 4.69) is 5.32 Å². The van der Waals surface area contributed by atoms with Gasteiger partial charge < -0.3 is 9.73 Å². The fourth-order valence-electron chi connectivity index (χ4n) is 2.30. The van der Waals surface area contributed by atoms with Gasteiger partial charge in [-0.1, -0.05) is 35.3 Å². The molecular weight excluding hydrogens is 390 g/mol. The second kappa shape index (κ2) is 8.09. The van der Waals surface area contributed by atoms with Gasteiger partial charge in [0, 0.05) is 11.8 Å². The van der Waals surface area contributed by atoms with Crippen molar-refractivity contribution in [2.45, 2.75) is 0 Å². The summed E-state index contributed by atoms with van der Waals surface area (Å²) in [5.41, 5.74) is 0.494. The van der Waals surface area contributed by atoms with Crippen LogP contribution in [-0.2, 0) is 4.79 Å². The number of anilines is 1. The summed E-state index contributed by atoms with van der Waals surface area (Å²) in [6.45, 7) is 0. The van der Waals surface area contributed by atoms with Crippen molar-refractivity contribution in [2.24, 2.45) is 0 Å². The Hall–Kier alpha value is -3.07. The topological polar surface area (TPSA) is 66.0 Å². The van der Waals surface area contributed by atoms with E-state index in [0.29, 0.717) is 16.5 Å². The van der Waals surface area contributed by atoms with Gasteiger partial charge in [-0.25, -0.2) is 4.39 Å². The van der Waals surface area contributed by atoms with Crippen molar-refractivity contribution >= 4 is 40.9 Å². The molecular formula is C20H11Cl2FN2O2. The molecule has 1 amide bonds. The second-order valence-electron chi connectivity index (χ2n) is 5.43. The molecule has 0 unspecified atom stereocenters. The van der Waals surface area contributed by atoms with E-state index in [4.69, 9.17) is 27.6 Å². The molecule has 1 heterocycles. The van der Waals surface area contributed by atoms with Crippen molar-refractivity contribution in [3.8, 4) is 17.4 Å². The van der Waals surface area contributed by atoms with Crippen molar-refractivity contribution < 1.29 is 13.6 Å². The Morgan fingerprint density at radius 3 is 2.59 bits per heavy atom. The third kappa shape index (κ3) is 4.37. The molecule has 0 bridgehead atoms. The van der Waals surface area contributed by atoms with Crippen LogP contribution in [0.5, 0.6) is 0 Å². The summed E-state index contributed by atoms with van der Waals surface area (Å²) in [4.78, 5) is 12.3. The van der Waals surface area contributed by atoms with Crippen LogP contribution in [-0.4, -0.2) is 5.91 Å². The number of benzene rings is 2. The molecule has 27 heavy (non-hydrogen) atoms. The molecule has 0 radical (unpaired) electrons. The highest BCUT2D eigenvalue weighted by atomic mass is 35.5. The first-order valence-corrected chi connectivity index (χ1v) is 8.46. The lowest BCUT2D eigenvalue weighted by Crippen LogP contribution is -2.13. The van der Waals surface area contributed by atoms with Crippen LogP contribution in [0.2, 0.25) is 10.0 Å². The summed E-state index contributed by atoms with van der Waals surface area (Å²) in [5.74, 6) is -0.532. The van der Waals surface area contributed by atoms with Gasteiger partial charge in [-0.2, -0.15) is 5.26 Å². The number of nitriles is 1. The Morgan fingerprint density at radius 2 is 1.89 bits per heavy atom. The van der Waals surface area contributed by atoms with Crippen LogP contribution >= 0.6 is 23.2 Å². The smallest absolute Gasteiger partial charge is 0.266 e. The third-order valence-corrected chi connectivity index (χ3v) is 4.33. The minimum Gasteiger partial charge on any atom is -0.457 e. The number of nitrogens with one attached hydrogen (secondary N) is 1. The number of amides is 1. The SMILES string of the molecule is N#C/C(=C\c1ccc(-c2ccccc2F)o1)C(=O)Nc1ccc(Cl)c(Cl)c1. The Kier molecular flexibility index (Phi) is 5.60. The zero-order valence-electron chi connectivity index (χ0n) is 13.7. The lowest BCUT2D eigenvalue weighted by molar-refractivity contribution is -0.112. The molecule has 0 aliphatic rings. The Morgan fingerprint density at radius 1 is 1.11 bits per heavy atom. The predicted molar refractivity (Wildman–Crippen MR) is 103 cm³/mol. The minimum absolute atomic E-state index is 0.185. The Bertz CT molecular complexity index is 1080. The van der Waals surface area contributed by atoms with Crippen molar-refractivity contribution in [1.82, 2.24) is 0 Å². The lowest BCUT2D eigenvalue weighted by atomic mass is 10.1. The fraction of sp³-hybridized carbons (Fsp3) is 0. The summed E-state index contributed by atoms with van der Waals surface area (Å²) in [6, 6.07) is 15.6. The van der Waals surface area contributed by atoms with E-state index in [1.807, 2.05) is 6.07 Å². The first-order valence-electron chi connectivity index (χ1n) is 7.71. The molecule has 3 aromatic rings. The first-order chi connectivity index (χ1) is 13.0. The third-order valence-electron chi connectivity index (χ3n) is 3.60. The summed E-state index contributed by atoms with van der Waals surface area (Å²) in [7, 11) is 0. The number of rotatable bonds is 4. The lowest BCUT2D eigenvalue weighted by Gasteiger charge is -2.05. The molecule has 0 saturated heterocycles. The van der Waals surface area contributed by atoms with Gasteiger partial charge >= 0.3 is 0 Å². The van der Waals surface area contributed by atoms with E-state index >= 15 is 0 Å². The van der Waals surface area contributed by atoms with E-state index in [9.17, 15) is 14.4 Å². The monoisotopic (exact) mass is 400 g/mol. The molecule has 0 spiro atoms. The predicted octanol–water partition coefficient (Wildman–Crippen LogP) is 5.94. The number of carbonyl (C=O) groups is 1. The molecule has 3 rings (SSSR count). The average Bonchev–Trinajstić information content (AvgIpc) is 3.11. The highest BCUT2D eigenvalue weighted by Gasteiger charge is 2.13. The highest BCUT2D eigenvalue weighted by Crippen LogP contribution is 2.27. The normalized spacial score (nSPS) is 11.1. The van der Waals surface area contributed by atoms with Gasteiger partial charge in [0.15, 0.2) is 0 Å². The van der Waals surface area contributed by atoms with E-state index in [-0.39, 0.29) is 21.9 Å². The first kappa shape index (κ1) is 18.7. The zero-order valence-corrected chi connectivity index (χ0v) is 15.2. The molecule has 0 atom stereocenters. The van der Waals surface area contributed by atoms with Crippen molar-refractivity contribution in [3.63, 3.8) is 0 Å². The van der Waals surface area contributed by atoms with Gasteiger partial charge in [-0.05, 0) is 42.5 Å². The maximum absolute atomic E-state index is 13.8. The van der Waals surface area contributed by atoms with Crippen molar-refractivity contribution in [1.29, 1.82) is 5.26 Å². The molecule has 1 N–H and O–H groups in total. The van der Waals surface area contributed by atoms with E-state index in [1.54, 1.807) is 36.4 Å². The van der Waals surface area contributed by atoms with Crippen LogP contribution in [0.4, 0.5) is 10.1 Å². The molecule has 0 aliphatic heterocycles. The van der Waals surface area contributed by atoms with Gasteiger partial charge in [0.1, 0.15) is 29.0 Å². The summed E-state index contributed by atoms with van der Waals surface area (Å²) in [5, 5.41) is 12.5. The molecule has 4 nitrogen and oxygen atoms in total. The van der Waals surface area contributed by atoms with Crippen LogP contribution in [0.3, 0.4) is 0 Å². The number of nitrogens with zero attached hydrogens (tertiary/aromatic N) is 1. The number of carbonyl (C=O) groups excluding carboxylic acids is 1. The van der Waals surface area contributed by atoms with Crippen LogP contribution < -0.4 is 5.32 Å². The Balaban J connectivity index is 1.82. The van der Waals surface area contributed by atoms with E-state index < -0.39 is 11.7 Å². The second-order valence-corrected chi connectivity index (χ2v) is 6.25.